The van der Waals surface area contributed by atoms with Gasteiger partial charge in [0.2, 0.25) is 0 Å². The Labute approximate surface area is 142 Å². The molecule has 0 atom stereocenters. The zero-order chi connectivity index (χ0) is 17.1. The Balaban J connectivity index is 1.88. The number of hydrogen-bond acceptors (Lipinski definition) is 4. The lowest BCUT2D eigenvalue weighted by Gasteiger charge is -2.10. The molecule has 0 aliphatic rings. The summed E-state index contributed by atoms with van der Waals surface area (Å²) in [7, 11) is 4.37. The lowest BCUT2D eigenvalue weighted by molar-refractivity contribution is -0.858. The number of nitrogens with one attached hydrogen (secondary N) is 2. The van der Waals surface area contributed by atoms with Crippen LogP contribution in [-0.2, 0) is 13.1 Å². The minimum absolute atomic E-state index is 0.618. The van der Waals surface area contributed by atoms with E-state index in [9.17, 15) is 0 Å². The van der Waals surface area contributed by atoms with Gasteiger partial charge in [0.15, 0.2) is 0 Å². The van der Waals surface area contributed by atoms with Crippen LogP contribution in [0.3, 0.4) is 0 Å². The number of hydrogen-bond donors (Lipinski definition) is 2. The van der Waals surface area contributed by atoms with Gasteiger partial charge in [-0.15, -0.1) is 0 Å². The van der Waals surface area contributed by atoms with Crippen LogP contribution in [0, 0.1) is 13.8 Å². The molecule has 0 aliphatic heterocycles. The second kappa shape index (κ2) is 7.05. The van der Waals surface area contributed by atoms with E-state index in [0.717, 1.165) is 42.1 Å². The number of aromatic nitrogens is 3. The molecule has 3 heterocycles. The lowest BCUT2D eigenvalue weighted by Crippen LogP contribution is -3.05. The first-order valence-corrected chi connectivity index (χ1v) is 8.43. The van der Waals surface area contributed by atoms with Gasteiger partial charge in [0.25, 0.3) is 0 Å². The first-order valence-electron chi connectivity index (χ1n) is 8.43. The van der Waals surface area contributed by atoms with Crippen LogP contribution in [-0.4, -0.2) is 35.2 Å². The highest BCUT2D eigenvalue weighted by atomic mass is 16.3. The van der Waals surface area contributed by atoms with Crippen molar-refractivity contribution in [3.63, 3.8) is 0 Å². The number of furan rings is 1. The third-order valence-corrected chi connectivity index (χ3v) is 4.47. The molecule has 0 saturated carbocycles. The number of nitrogens with zero attached hydrogens (tertiary/aromatic N) is 3. The van der Waals surface area contributed by atoms with Gasteiger partial charge in [-0.05, 0) is 31.5 Å². The molecule has 0 bridgehead atoms. The molecular weight excluding hydrogens is 302 g/mol. The molecule has 6 nitrogen and oxygen atoms in total. The average molecular weight is 328 g/mol. The fourth-order valence-corrected chi connectivity index (χ4v) is 3.05. The van der Waals surface area contributed by atoms with Crippen molar-refractivity contribution in [2.45, 2.75) is 33.4 Å². The maximum Gasteiger partial charge on any atom is 0.145 e. The summed E-state index contributed by atoms with van der Waals surface area (Å²) in [5, 5.41) is 4.49. The summed E-state index contributed by atoms with van der Waals surface area (Å²) >= 11 is 0. The molecule has 0 aromatic carbocycles. The van der Waals surface area contributed by atoms with E-state index in [4.69, 9.17) is 4.42 Å². The molecule has 3 aromatic rings. The molecule has 2 N–H and O–H groups in total. The predicted octanol–water partition coefficient (Wildman–Crippen LogP) is 1.79. The fourth-order valence-electron chi connectivity index (χ4n) is 3.05. The van der Waals surface area contributed by atoms with Crippen LogP contribution in [0.15, 0.2) is 29.1 Å². The van der Waals surface area contributed by atoms with Crippen molar-refractivity contribution >= 4 is 16.9 Å². The second-order valence-corrected chi connectivity index (χ2v) is 6.53. The summed E-state index contributed by atoms with van der Waals surface area (Å²) in [5.74, 6) is 1.76. The summed E-state index contributed by atoms with van der Waals surface area (Å²) in [6.45, 7) is 7.05. The van der Waals surface area contributed by atoms with E-state index in [2.05, 4.69) is 47.8 Å². The van der Waals surface area contributed by atoms with Crippen LogP contribution in [0.4, 0.5) is 5.82 Å². The Morgan fingerprint density at radius 3 is 2.79 bits per heavy atom. The third kappa shape index (κ3) is 3.28. The Kier molecular flexibility index (Phi) is 4.85. The Morgan fingerprint density at radius 1 is 1.25 bits per heavy atom. The largest absolute Gasteiger partial charge is 0.467 e. The smallest absolute Gasteiger partial charge is 0.145 e. The van der Waals surface area contributed by atoms with E-state index in [1.165, 1.54) is 16.2 Å². The molecule has 0 aliphatic carbocycles. The van der Waals surface area contributed by atoms with Gasteiger partial charge in [0.05, 0.1) is 38.8 Å². The number of quaternary nitrogens is 1. The minimum Gasteiger partial charge on any atom is -0.467 e. The van der Waals surface area contributed by atoms with Crippen LogP contribution in [0.1, 0.15) is 23.4 Å². The van der Waals surface area contributed by atoms with Crippen LogP contribution < -0.4 is 10.2 Å². The van der Waals surface area contributed by atoms with E-state index >= 15 is 0 Å². The Hall–Kier alpha value is -2.34. The van der Waals surface area contributed by atoms with Crippen LogP contribution in [0.5, 0.6) is 0 Å². The second-order valence-electron chi connectivity index (χ2n) is 6.53. The van der Waals surface area contributed by atoms with Gasteiger partial charge in [0, 0.05) is 18.7 Å². The topological polar surface area (TPSA) is 60.3 Å². The molecule has 3 aromatic heterocycles. The van der Waals surface area contributed by atoms with Crippen molar-refractivity contribution in [3.05, 3.63) is 41.7 Å². The Morgan fingerprint density at radius 2 is 2.08 bits per heavy atom. The first-order chi connectivity index (χ1) is 11.6. The molecule has 0 saturated heterocycles. The third-order valence-electron chi connectivity index (χ3n) is 4.47. The van der Waals surface area contributed by atoms with E-state index in [1.54, 1.807) is 12.6 Å². The van der Waals surface area contributed by atoms with E-state index in [1.807, 2.05) is 12.1 Å². The van der Waals surface area contributed by atoms with Gasteiger partial charge in [0.1, 0.15) is 23.6 Å². The van der Waals surface area contributed by atoms with Crippen molar-refractivity contribution in [1.29, 1.82) is 0 Å². The SMILES string of the molecule is Cc1c(C)n(CCC[NH+](C)C)c2ncnc(NCc3ccco3)c12. The number of anilines is 1. The summed E-state index contributed by atoms with van der Waals surface area (Å²) < 4.78 is 7.70. The molecule has 24 heavy (non-hydrogen) atoms. The highest BCUT2D eigenvalue weighted by Gasteiger charge is 2.16. The van der Waals surface area contributed by atoms with Gasteiger partial charge in [-0.2, -0.15) is 0 Å². The molecule has 0 fully saturated rings. The van der Waals surface area contributed by atoms with Crippen LogP contribution >= 0.6 is 0 Å². The van der Waals surface area contributed by atoms with Crippen molar-refractivity contribution in [1.82, 2.24) is 14.5 Å². The van der Waals surface area contributed by atoms with Gasteiger partial charge >= 0.3 is 0 Å². The number of rotatable bonds is 7. The molecule has 6 heteroatoms. The monoisotopic (exact) mass is 328 g/mol. The van der Waals surface area contributed by atoms with Crippen molar-refractivity contribution in [2.24, 2.45) is 0 Å². The highest BCUT2D eigenvalue weighted by Crippen LogP contribution is 2.29. The Bertz CT molecular complexity index is 805. The average Bonchev–Trinajstić information content (AvgIpc) is 3.15. The number of fused-ring (bicyclic) bond motifs is 1. The molecule has 3 rings (SSSR count). The highest BCUT2D eigenvalue weighted by molar-refractivity contribution is 5.91. The summed E-state index contributed by atoms with van der Waals surface area (Å²) in [6, 6.07) is 3.85. The number of aryl methyl sites for hydroxylation is 2. The zero-order valence-electron chi connectivity index (χ0n) is 14.9. The van der Waals surface area contributed by atoms with Gasteiger partial charge < -0.3 is 19.2 Å². The van der Waals surface area contributed by atoms with Crippen molar-refractivity contribution in [2.75, 3.05) is 26.0 Å². The molecule has 0 unspecified atom stereocenters. The molecule has 128 valence electrons. The minimum atomic E-state index is 0.618. The zero-order valence-corrected chi connectivity index (χ0v) is 14.9. The normalized spacial score (nSPS) is 11.5. The first kappa shape index (κ1) is 16.5. The van der Waals surface area contributed by atoms with E-state index in [0.29, 0.717) is 6.54 Å². The van der Waals surface area contributed by atoms with Gasteiger partial charge in [-0.25, -0.2) is 9.97 Å². The van der Waals surface area contributed by atoms with Gasteiger partial charge in [-0.1, -0.05) is 0 Å². The summed E-state index contributed by atoms with van der Waals surface area (Å²) in [5.41, 5.74) is 3.51. The van der Waals surface area contributed by atoms with Crippen molar-refractivity contribution < 1.29 is 9.32 Å². The quantitative estimate of drug-likeness (QED) is 0.694. The molecule has 0 amide bonds. The molecule has 0 spiro atoms. The van der Waals surface area contributed by atoms with Crippen LogP contribution in [0.25, 0.3) is 11.0 Å². The molecular formula is C18H26N5O+. The maximum absolute atomic E-state index is 5.39. The lowest BCUT2D eigenvalue weighted by atomic mass is 10.2. The standard InChI is InChI=1S/C18H25N5O/c1-13-14(2)23(9-6-8-22(3)4)18-16(13)17(20-12-21-18)19-11-15-7-5-10-24-15/h5,7,10,12H,6,8-9,11H2,1-4H3,(H,19,20,21)/p+1. The summed E-state index contributed by atoms with van der Waals surface area (Å²) in [6.07, 6.45) is 4.45. The van der Waals surface area contributed by atoms with Gasteiger partial charge in [-0.3, -0.25) is 0 Å². The molecule has 0 radical (unpaired) electrons. The van der Waals surface area contributed by atoms with Crippen molar-refractivity contribution in [3.8, 4) is 0 Å². The van der Waals surface area contributed by atoms with E-state index in [-0.39, 0.29) is 0 Å². The predicted molar refractivity (Wildman–Crippen MR) is 95.3 cm³/mol. The summed E-state index contributed by atoms with van der Waals surface area (Å²) in [4.78, 5) is 10.5. The van der Waals surface area contributed by atoms with E-state index < -0.39 is 0 Å². The van der Waals surface area contributed by atoms with Crippen LogP contribution in [0.2, 0.25) is 0 Å². The fraction of sp³-hybridized carbons (Fsp3) is 0.444. The maximum atomic E-state index is 5.39.